The Morgan fingerprint density at radius 1 is 0.783 bits per heavy atom. The van der Waals surface area contributed by atoms with E-state index in [1.165, 1.54) is 0 Å². The molecule has 0 aliphatic heterocycles. The molecule has 1 aromatic rings. The third kappa shape index (κ3) is 18.4. The lowest BCUT2D eigenvalue weighted by Gasteiger charge is -2.27. The Balaban J connectivity index is 2.29. The molecule has 4 amide bonds. The van der Waals surface area contributed by atoms with Gasteiger partial charge in [-0.25, -0.2) is 0 Å². The number of rotatable bonds is 24. The number of amides is 4. The van der Waals surface area contributed by atoms with Crippen molar-refractivity contribution in [1.29, 1.82) is 0 Å². The second kappa shape index (κ2) is 23.5. The Labute approximate surface area is 286 Å². The van der Waals surface area contributed by atoms with Gasteiger partial charge >= 0.3 is 5.97 Å². The number of nitrogens with one attached hydrogen (secondary N) is 4. The summed E-state index contributed by atoms with van der Waals surface area (Å²) >= 11 is 1.99. The molecule has 260 valence electrons. The topological polar surface area (TPSA) is 170 Å². The van der Waals surface area contributed by atoms with Gasteiger partial charge < -0.3 is 40.2 Å². The van der Waals surface area contributed by atoms with Crippen LogP contribution in [0.25, 0.3) is 0 Å². The van der Waals surface area contributed by atoms with E-state index in [4.69, 9.17) is 18.9 Å². The van der Waals surface area contributed by atoms with Gasteiger partial charge in [0, 0.05) is 24.9 Å². The highest BCUT2D eigenvalue weighted by Crippen LogP contribution is 2.23. The minimum atomic E-state index is -0.929. The number of hydrogen-bond acceptors (Lipinski definition) is 9. The fourth-order valence-corrected chi connectivity index (χ4v) is 4.09. The predicted octanol–water partition coefficient (Wildman–Crippen LogP) is 1.90. The Hall–Kier alpha value is -2.82. The van der Waals surface area contributed by atoms with Crippen molar-refractivity contribution >= 4 is 52.2 Å². The molecule has 1 rings (SSSR count). The quantitative estimate of drug-likeness (QED) is 0.0532. The van der Waals surface area contributed by atoms with E-state index in [1.54, 1.807) is 20.8 Å². The highest BCUT2D eigenvalue weighted by Gasteiger charge is 2.32. The number of carbonyl (C=O) groups excluding carboxylic acids is 5. The Bertz CT molecular complexity index is 1070. The van der Waals surface area contributed by atoms with Crippen LogP contribution >= 0.6 is 22.6 Å². The first-order chi connectivity index (χ1) is 21.9. The summed E-state index contributed by atoms with van der Waals surface area (Å²) in [5.41, 5.74) is -0.0520. The lowest BCUT2D eigenvalue weighted by atomic mass is 9.86. The number of benzene rings is 1. The summed E-state index contributed by atoms with van der Waals surface area (Å²) in [6.45, 7) is 11.6. The molecule has 0 radical (unpaired) electrons. The number of halogens is 1. The SMILES string of the molecule is CC(C)[C@@H](NC(=O)[C@@H](C)NC(=O)C(C)(C)CCC(=O)OCc1ccccc1)C(=O)NCCOCCOCCOCCNC(=O)CI. The summed E-state index contributed by atoms with van der Waals surface area (Å²) in [7, 11) is 0. The van der Waals surface area contributed by atoms with Gasteiger partial charge in [0.2, 0.25) is 23.6 Å². The van der Waals surface area contributed by atoms with Crippen LogP contribution in [0.3, 0.4) is 0 Å². The van der Waals surface area contributed by atoms with Crippen molar-refractivity contribution in [2.24, 2.45) is 11.3 Å². The molecule has 0 aliphatic carbocycles. The summed E-state index contributed by atoms with van der Waals surface area (Å²) < 4.78 is 22.0. The molecule has 0 heterocycles. The number of alkyl halides is 1. The van der Waals surface area contributed by atoms with Gasteiger partial charge in [0.15, 0.2) is 0 Å². The molecule has 0 saturated heterocycles. The number of ether oxygens (including phenoxy) is 4. The highest BCUT2D eigenvalue weighted by atomic mass is 127. The Kier molecular flexibility index (Phi) is 21.0. The molecule has 0 aromatic heterocycles. The summed E-state index contributed by atoms with van der Waals surface area (Å²) in [5, 5.41) is 10.9. The fourth-order valence-electron chi connectivity index (χ4n) is 3.82. The zero-order chi connectivity index (χ0) is 34.4. The predicted molar refractivity (Wildman–Crippen MR) is 181 cm³/mol. The van der Waals surface area contributed by atoms with E-state index in [0.717, 1.165) is 5.56 Å². The molecular formula is C32H51IN4O9. The van der Waals surface area contributed by atoms with E-state index in [1.807, 2.05) is 66.8 Å². The van der Waals surface area contributed by atoms with Crippen LogP contribution in [0.5, 0.6) is 0 Å². The first kappa shape index (κ1) is 41.2. The van der Waals surface area contributed by atoms with Crippen molar-refractivity contribution in [2.45, 2.75) is 66.2 Å². The monoisotopic (exact) mass is 762 g/mol. The van der Waals surface area contributed by atoms with Crippen molar-refractivity contribution in [3.8, 4) is 0 Å². The smallest absolute Gasteiger partial charge is 0.306 e. The van der Waals surface area contributed by atoms with Gasteiger partial charge in [-0.1, -0.05) is 80.6 Å². The van der Waals surface area contributed by atoms with Crippen LogP contribution in [-0.2, 0) is 49.5 Å². The largest absolute Gasteiger partial charge is 0.461 e. The molecule has 4 N–H and O–H groups in total. The molecule has 0 aliphatic rings. The second-order valence-electron chi connectivity index (χ2n) is 11.6. The van der Waals surface area contributed by atoms with Crippen LogP contribution in [0, 0.1) is 11.3 Å². The average molecular weight is 763 g/mol. The molecule has 0 spiro atoms. The van der Waals surface area contributed by atoms with Gasteiger partial charge in [0.05, 0.1) is 44.1 Å². The lowest BCUT2D eigenvalue weighted by molar-refractivity contribution is -0.146. The van der Waals surface area contributed by atoms with E-state index in [0.29, 0.717) is 44.0 Å². The molecule has 1 aromatic carbocycles. The molecule has 14 heteroatoms. The third-order valence-electron chi connectivity index (χ3n) is 6.78. The minimum absolute atomic E-state index is 0.0254. The van der Waals surface area contributed by atoms with Crippen molar-refractivity contribution in [3.05, 3.63) is 35.9 Å². The van der Waals surface area contributed by atoms with Crippen molar-refractivity contribution in [2.75, 3.05) is 57.2 Å². The summed E-state index contributed by atoms with van der Waals surface area (Å²) in [6, 6.07) is 7.61. The molecule has 0 fully saturated rings. The Morgan fingerprint density at radius 2 is 1.35 bits per heavy atom. The van der Waals surface area contributed by atoms with Crippen molar-refractivity contribution in [3.63, 3.8) is 0 Å². The van der Waals surface area contributed by atoms with E-state index >= 15 is 0 Å². The van der Waals surface area contributed by atoms with Crippen LogP contribution in [0.15, 0.2) is 30.3 Å². The molecule has 46 heavy (non-hydrogen) atoms. The number of carbonyl (C=O) groups is 5. The zero-order valence-corrected chi connectivity index (χ0v) is 29.8. The maximum absolute atomic E-state index is 12.9. The number of esters is 1. The fraction of sp³-hybridized carbons (Fsp3) is 0.656. The Morgan fingerprint density at radius 3 is 1.91 bits per heavy atom. The van der Waals surface area contributed by atoms with E-state index < -0.39 is 29.4 Å². The highest BCUT2D eigenvalue weighted by molar-refractivity contribution is 14.1. The summed E-state index contributed by atoms with van der Waals surface area (Å²) in [4.78, 5) is 61.9. The lowest BCUT2D eigenvalue weighted by Crippen LogP contribution is -2.56. The van der Waals surface area contributed by atoms with Gasteiger partial charge in [0.25, 0.3) is 0 Å². The van der Waals surface area contributed by atoms with Crippen molar-refractivity contribution in [1.82, 2.24) is 21.3 Å². The van der Waals surface area contributed by atoms with Crippen molar-refractivity contribution < 1.29 is 42.9 Å². The maximum atomic E-state index is 12.9. The molecule has 0 bridgehead atoms. The van der Waals surface area contributed by atoms with Crippen LogP contribution in [0.4, 0.5) is 0 Å². The van der Waals surface area contributed by atoms with Gasteiger partial charge in [-0.15, -0.1) is 0 Å². The summed E-state index contributed by atoms with van der Waals surface area (Å²) in [6.07, 6.45) is 0.290. The normalized spacial score (nSPS) is 12.6. The van der Waals surface area contributed by atoms with Gasteiger partial charge in [-0.3, -0.25) is 24.0 Å². The molecule has 0 unspecified atom stereocenters. The van der Waals surface area contributed by atoms with E-state index in [9.17, 15) is 24.0 Å². The minimum Gasteiger partial charge on any atom is -0.461 e. The molecular weight excluding hydrogens is 711 g/mol. The third-order valence-corrected chi connectivity index (χ3v) is 7.47. The van der Waals surface area contributed by atoms with E-state index in [2.05, 4.69) is 21.3 Å². The average Bonchev–Trinajstić information content (AvgIpc) is 3.03. The van der Waals surface area contributed by atoms with Crippen LogP contribution in [0.1, 0.15) is 53.0 Å². The first-order valence-electron chi connectivity index (χ1n) is 15.5. The zero-order valence-electron chi connectivity index (χ0n) is 27.7. The maximum Gasteiger partial charge on any atom is 0.306 e. The standard InChI is InChI=1S/C32H51IN4O9/c1-23(2)28(30(41)35-14-16-44-18-20-45-19-17-43-15-13-34-26(38)21-33)37-29(40)24(3)36-31(42)32(4,5)12-11-27(39)46-22-25-9-7-6-8-10-25/h6-10,23-24,28H,11-22H2,1-5H3,(H,34,38)(H,35,41)(H,36,42)(H,37,40)/t24-,28-/m1/s1. The molecule has 2 atom stereocenters. The van der Waals surface area contributed by atoms with Crippen LogP contribution in [-0.4, -0.2) is 98.8 Å². The van der Waals surface area contributed by atoms with Gasteiger partial charge in [0.1, 0.15) is 18.7 Å². The number of hydrogen-bond donors (Lipinski definition) is 4. The van der Waals surface area contributed by atoms with Crippen LogP contribution in [0.2, 0.25) is 0 Å². The summed E-state index contributed by atoms with van der Waals surface area (Å²) in [5.74, 6) is -1.88. The van der Waals surface area contributed by atoms with Gasteiger partial charge in [-0.05, 0) is 24.8 Å². The van der Waals surface area contributed by atoms with Crippen LogP contribution < -0.4 is 21.3 Å². The molecule has 0 saturated carbocycles. The van der Waals surface area contributed by atoms with Gasteiger partial charge in [-0.2, -0.15) is 0 Å². The first-order valence-corrected chi connectivity index (χ1v) is 17.0. The second-order valence-corrected chi connectivity index (χ2v) is 12.3. The van der Waals surface area contributed by atoms with E-state index in [-0.39, 0.29) is 56.2 Å². The molecule has 13 nitrogen and oxygen atoms in total.